The van der Waals surface area contributed by atoms with Crippen LogP contribution in [0, 0.1) is 0 Å². The van der Waals surface area contributed by atoms with Crippen LogP contribution in [-0.4, -0.2) is 20.7 Å². The van der Waals surface area contributed by atoms with Crippen LogP contribution in [0.5, 0.6) is 0 Å². The molecule has 0 saturated heterocycles. The Labute approximate surface area is 110 Å². The highest BCUT2D eigenvalue weighted by Gasteiger charge is 2.09. The number of hydrogen-bond donors (Lipinski definition) is 2. The molecular weight excluding hydrogens is 244 g/mol. The lowest BCUT2D eigenvalue weighted by Gasteiger charge is -2.04. The number of aryl methyl sites for hydroxylation is 2. The van der Waals surface area contributed by atoms with Crippen LogP contribution in [0.15, 0.2) is 29.2 Å². The smallest absolute Gasteiger partial charge is 0.268 e. The second-order valence-electron chi connectivity index (χ2n) is 4.24. The molecule has 2 aromatic heterocycles. The molecule has 0 fully saturated rings. The van der Waals surface area contributed by atoms with Crippen LogP contribution in [0.25, 0.3) is 0 Å². The number of H-pyrrole nitrogens is 1. The third-order valence-electron chi connectivity index (χ3n) is 2.78. The van der Waals surface area contributed by atoms with Gasteiger partial charge in [-0.3, -0.25) is 14.3 Å². The van der Waals surface area contributed by atoms with Gasteiger partial charge in [0.05, 0.1) is 5.69 Å². The largest absolute Gasteiger partial charge is 0.347 e. The van der Waals surface area contributed by atoms with Crippen LogP contribution in [0.3, 0.4) is 0 Å². The van der Waals surface area contributed by atoms with Gasteiger partial charge in [0.2, 0.25) is 5.56 Å². The van der Waals surface area contributed by atoms with Gasteiger partial charge in [-0.15, -0.1) is 0 Å². The maximum Gasteiger partial charge on any atom is 0.268 e. The van der Waals surface area contributed by atoms with Crippen molar-refractivity contribution in [2.75, 3.05) is 0 Å². The molecule has 0 radical (unpaired) electrons. The number of nitrogens with one attached hydrogen (secondary N) is 2. The van der Waals surface area contributed by atoms with Gasteiger partial charge in [0.1, 0.15) is 5.69 Å². The van der Waals surface area contributed by atoms with E-state index in [4.69, 9.17) is 0 Å². The summed E-state index contributed by atoms with van der Waals surface area (Å²) < 4.78 is 1.73. The van der Waals surface area contributed by atoms with Crippen molar-refractivity contribution in [3.05, 3.63) is 51.7 Å². The number of amides is 1. The second-order valence-corrected chi connectivity index (χ2v) is 4.24. The number of rotatable bonds is 4. The lowest BCUT2D eigenvalue weighted by atomic mass is 10.2. The number of nitrogens with zero attached hydrogens (tertiary/aromatic N) is 2. The van der Waals surface area contributed by atoms with Crippen molar-refractivity contribution >= 4 is 5.91 Å². The first-order valence-corrected chi connectivity index (χ1v) is 6.09. The maximum atomic E-state index is 11.9. The Bertz CT molecular complexity index is 642. The molecule has 2 heterocycles. The van der Waals surface area contributed by atoms with E-state index in [1.807, 2.05) is 20.2 Å². The highest BCUT2D eigenvalue weighted by molar-refractivity contribution is 5.92. The summed E-state index contributed by atoms with van der Waals surface area (Å²) in [6.07, 6.45) is 2.70. The lowest BCUT2D eigenvalue weighted by molar-refractivity contribution is 0.0945. The van der Waals surface area contributed by atoms with E-state index in [1.165, 1.54) is 6.07 Å². The Morgan fingerprint density at radius 2 is 2.26 bits per heavy atom. The van der Waals surface area contributed by atoms with E-state index in [1.54, 1.807) is 16.8 Å². The van der Waals surface area contributed by atoms with Crippen molar-refractivity contribution in [1.82, 2.24) is 20.1 Å². The third kappa shape index (κ3) is 3.09. The fourth-order valence-electron chi connectivity index (χ4n) is 1.88. The monoisotopic (exact) mass is 260 g/mol. The summed E-state index contributed by atoms with van der Waals surface area (Å²) in [4.78, 5) is 25.5. The Kier molecular flexibility index (Phi) is 3.79. The van der Waals surface area contributed by atoms with Gasteiger partial charge in [-0.25, -0.2) is 0 Å². The van der Waals surface area contributed by atoms with Crippen molar-refractivity contribution in [3.8, 4) is 0 Å². The molecule has 2 aromatic rings. The average Bonchev–Trinajstić information content (AvgIpc) is 2.76. The third-order valence-corrected chi connectivity index (χ3v) is 2.78. The Balaban J connectivity index is 2.06. The first kappa shape index (κ1) is 13.1. The zero-order chi connectivity index (χ0) is 13.8. The summed E-state index contributed by atoms with van der Waals surface area (Å²) in [6.45, 7) is 2.41. The van der Waals surface area contributed by atoms with Crippen LogP contribution < -0.4 is 10.9 Å². The highest BCUT2D eigenvalue weighted by Crippen LogP contribution is 2.06. The molecule has 6 nitrogen and oxygen atoms in total. The van der Waals surface area contributed by atoms with Crippen LogP contribution >= 0.6 is 0 Å². The van der Waals surface area contributed by atoms with Crippen molar-refractivity contribution in [1.29, 1.82) is 0 Å². The molecule has 0 bridgehead atoms. The Morgan fingerprint density at radius 1 is 1.47 bits per heavy atom. The zero-order valence-electron chi connectivity index (χ0n) is 10.9. The fourth-order valence-corrected chi connectivity index (χ4v) is 1.88. The molecule has 0 saturated carbocycles. The minimum absolute atomic E-state index is 0.259. The minimum Gasteiger partial charge on any atom is -0.347 e. The summed E-state index contributed by atoms with van der Waals surface area (Å²) in [7, 11) is 1.85. The van der Waals surface area contributed by atoms with Gasteiger partial charge in [-0.1, -0.05) is 13.0 Å². The van der Waals surface area contributed by atoms with Crippen LogP contribution in [0.1, 0.15) is 28.7 Å². The van der Waals surface area contributed by atoms with Gasteiger partial charge in [-0.2, -0.15) is 5.10 Å². The van der Waals surface area contributed by atoms with Crippen molar-refractivity contribution in [2.45, 2.75) is 19.9 Å². The van der Waals surface area contributed by atoms with Gasteiger partial charge in [0, 0.05) is 31.4 Å². The van der Waals surface area contributed by atoms with Gasteiger partial charge in [0.25, 0.3) is 5.91 Å². The van der Waals surface area contributed by atoms with Crippen LogP contribution in [0.4, 0.5) is 0 Å². The lowest BCUT2D eigenvalue weighted by Crippen LogP contribution is -2.25. The summed E-state index contributed by atoms with van der Waals surface area (Å²) in [6, 6.07) is 4.49. The molecule has 6 heteroatoms. The summed E-state index contributed by atoms with van der Waals surface area (Å²) in [5, 5.41) is 7.07. The standard InChI is InChI=1S/C13H16N4O2/c1-3-10-9(8-17(2)16-10)7-14-13(19)11-5-4-6-12(18)15-11/h4-6,8H,3,7H2,1-2H3,(H,14,19)(H,15,18). The van der Waals surface area contributed by atoms with E-state index in [-0.39, 0.29) is 17.2 Å². The first-order chi connectivity index (χ1) is 9.10. The van der Waals surface area contributed by atoms with E-state index >= 15 is 0 Å². The van der Waals surface area contributed by atoms with Crippen molar-refractivity contribution in [2.24, 2.45) is 7.05 Å². The molecule has 2 rings (SSSR count). The zero-order valence-corrected chi connectivity index (χ0v) is 10.9. The summed E-state index contributed by atoms with van der Waals surface area (Å²) in [5.41, 5.74) is 1.92. The van der Waals surface area contributed by atoms with Crippen LogP contribution in [0.2, 0.25) is 0 Å². The maximum absolute atomic E-state index is 11.9. The quantitative estimate of drug-likeness (QED) is 0.844. The SMILES string of the molecule is CCc1nn(C)cc1CNC(=O)c1cccc(=O)[nH]1. The Hall–Kier alpha value is -2.37. The highest BCUT2D eigenvalue weighted by atomic mass is 16.2. The molecule has 19 heavy (non-hydrogen) atoms. The molecule has 0 aliphatic heterocycles. The van der Waals surface area contributed by atoms with Crippen molar-refractivity contribution < 1.29 is 4.79 Å². The number of aromatic amines is 1. The number of carbonyl (C=O) groups excluding carboxylic acids is 1. The minimum atomic E-state index is -0.302. The number of pyridine rings is 1. The predicted octanol–water partition coefficient (Wildman–Crippen LogP) is 0.601. The summed E-state index contributed by atoms with van der Waals surface area (Å²) in [5.74, 6) is -0.302. The Morgan fingerprint density at radius 3 is 2.95 bits per heavy atom. The van der Waals surface area contributed by atoms with Gasteiger partial charge in [0.15, 0.2) is 0 Å². The molecule has 1 amide bonds. The molecular formula is C13H16N4O2. The number of carbonyl (C=O) groups is 1. The number of hydrogen-bond acceptors (Lipinski definition) is 3. The predicted molar refractivity (Wildman–Crippen MR) is 70.8 cm³/mol. The van der Waals surface area contributed by atoms with Gasteiger partial charge in [-0.05, 0) is 12.5 Å². The van der Waals surface area contributed by atoms with E-state index in [9.17, 15) is 9.59 Å². The van der Waals surface area contributed by atoms with E-state index in [0.29, 0.717) is 6.54 Å². The fraction of sp³-hybridized carbons (Fsp3) is 0.308. The van der Waals surface area contributed by atoms with Gasteiger partial charge >= 0.3 is 0 Å². The van der Waals surface area contributed by atoms with E-state index < -0.39 is 0 Å². The number of aromatic nitrogens is 3. The summed E-state index contributed by atoms with van der Waals surface area (Å²) >= 11 is 0. The average molecular weight is 260 g/mol. The van der Waals surface area contributed by atoms with Crippen LogP contribution in [-0.2, 0) is 20.0 Å². The molecule has 0 unspecified atom stereocenters. The van der Waals surface area contributed by atoms with E-state index in [0.717, 1.165) is 17.7 Å². The van der Waals surface area contributed by atoms with Gasteiger partial charge < -0.3 is 10.3 Å². The van der Waals surface area contributed by atoms with Crippen molar-refractivity contribution in [3.63, 3.8) is 0 Å². The molecule has 0 aromatic carbocycles. The topological polar surface area (TPSA) is 79.8 Å². The molecule has 100 valence electrons. The second kappa shape index (κ2) is 5.51. The molecule has 0 aliphatic carbocycles. The molecule has 2 N–H and O–H groups in total. The normalized spacial score (nSPS) is 10.4. The first-order valence-electron chi connectivity index (χ1n) is 6.09. The van der Waals surface area contributed by atoms with E-state index in [2.05, 4.69) is 15.4 Å². The molecule has 0 atom stereocenters. The molecule has 0 spiro atoms. The molecule has 0 aliphatic rings.